The van der Waals surface area contributed by atoms with Gasteiger partial charge in [-0.05, 0) is 31.1 Å². The lowest BCUT2D eigenvalue weighted by atomic mass is 10.00. The summed E-state index contributed by atoms with van der Waals surface area (Å²) in [6.07, 6.45) is -0.983. The third-order valence-electron chi connectivity index (χ3n) is 4.70. The van der Waals surface area contributed by atoms with Gasteiger partial charge in [-0.3, -0.25) is 24.0 Å². The van der Waals surface area contributed by atoms with E-state index in [0.29, 0.717) is 6.42 Å². The monoisotopic (exact) mass is 487 g/mol. The van der Waals surface area contributed by atoms with Gasteiger partial charge >= 0.3 is 11.9 Å². The number of carboxylic acids is 2. The number of nitrogens with two attached hydrogens (primary N) is 2. The second-order valence-corrected chi connectivity index (χ2v) is 8.99. The molecule has 4 atom stereocenters. The zero-order valence-electron chi connectivity index (χ0n) is 20.0. The minimum atomic E-state index is -1.56. The van der Waals surface area contributed by atoms with Crippen molar-refractivity contribution in [1.29, 1.82) is 0 Å². The Morgan fingerprint density at radius 3 is 1.65 bits per heavy atom. The lowest BCUT2D eigenvalue weighted by Crippen LogP contribution is -2.58. The van der Waals surface area contributed by atoms with Crippen LogP contribution < -0.4 is 27.4 Å². The van der Waals surface area contributed by atoms with Crippen LogP contribution in [0.15, 0.2) is 0 Å². The molecule has 0 rings (SSSR count). The van der Waals surface area contributed by atoms with Gasteiger partial charge in [0.25, 0.3) is 0 Å². The summed E-state index contributed by atoms with van der Waals surface area (Å²) < 4.78 is 0. The van der Waals surface area contributed by atoms with Crippen LogP contribution in [0.2, 0.25) is 0 Å². The molecular formula is C21H37N5O8. The van der Waals surface area contributed by atoms with E-state index in [1.54, 1.807) is 0 Å². The minimum absolute atomic E-state index is 0.0341. The van der Waals surface area contributed by atoms with Gasteiger partial charge in [-0.25, -0.2) is 4.79 Å². The SMILES string of the molecule is CC(C)CC(N)C(=O)NC(CC(C)C)C(=O)NC(CC(N)=O)C(=O)NC(CCC(=O)O)C(=O)O. The maximum Gasteiger partial charge on any atom is 0.326 e. The van der Waals surface area contributed by atoms with Gasteiger partial charge in [0, 0.05) is 6.42 Å². The first kappa shape index (κ1) is 30.8. The molecule has 4 amide bonds. The van der Waals surface area contributed by atoms with Crippen LogP contribution in [0.1, 0.15) is 59.8 Å². The fourth-order valence-electron chi connectivity index (χ4n) is 3.08. The smallest absolute Gasteiger partial charge is 0.326 e. The molecule has 194 valence electrons. The van der Waals surface area contributed by atoms with Gasteiger partial charge in [0.05, 0.1) is 12.5 Å². The fourth-order valence-corrected chi connectivity index (χ4v) is 3.08. The number of nitrogens with one attached hydrogen (secondary N) is 3. The molecule has 0 fully saturated rings. The molecule has 13 heteroatoms. The normalized spacial score (nSPS) is 14.6. The van der Waals surface area contributed by atoms with Crippen LogP contribution in [0.3, 0.4) is 0 Å². The van der Waals surface area contributed by atoms with E-state index in [1.807, 2.05) is 27.7 Å². The van der Waals surface area contributed by atoms with E-state index in [0.717, 1.165) is 0 Å². The molecule has 0 aromatic heterocycles. The molecule has 13 nitrogen and oxygen atoms in total. The van der Waals surface area contributed by atoms with Crippen molar-refractivity contribution < 1.29 is 39.0 Å². The molecule has 0 aromatic carbocycles. The molecule has 34 heavy (non-hydrogen) atoms. The molecular weight excluding hydrogens is 450 g/mol. The number of carbonyl (C=O) groups is 6. The minimum Gasteiger partial charge on any atom is -0.481 e. The number of primary amides is 1. The predicted octanol–water partition coefficient (Wildman–Crippen LogP) is -1.31. The zero-order valence-corrected chi connectivity index (χ0v) is 20.0. The Morgan fingerprint density at radius 2 is 1.21 bits per heavy atom. The van der Waals surface area contributed by atoms with Crippen LogP contribution >= 0.6 is 0 Å². The van der Waals surface area contributed by atoms with E-state index < -0.39 is 79.0 Å². The molecule has 0 aliphatic heterocycles. The second-order valence-electron chi connectivity index (χ2n) is 8.99. The average molecular weight is 488 g/mol. The maximum absolute atomic E-state index is 12.9. The summed E-state index contributed by atoms with van der Waals surface area (Å²) in [6.45, 7) is 7.40. The van der Waals surface area contributed by atoms with E-state index in [9.17, 15) is 33.9 Å². The van der Waals surface area contributed by atoms with Crippen LogP contribution in [0, 0.1) is 11.8 Å². The number of carbonyl (C=O) groups excluding carboxylic acids is 4. The number of hydrogen-bond donors (Lipinski definition) is 7. The number of hydrogen-bond acceptors (Lipinski definition) is 7. The number of rotatable bonds is 16. The van der Waals surface area contributed by atoms with E-state index in [-0.39, 0.29) is 18.3 Å². The Labute approximate surface area is 198 Å². The fraction of sp³-hybridized carbons (Fsp3) is 0.714. The summed E-state index contributed by atoms with van der Waals surface area (Å²) in [5.74, 6) is -5.94. The highest BCUT2D eigenvalue weighted by molar-refractivity contribution is 5.96. The van der Waals surface area contributed by atoms with Crippen LogP contribution in [0.25, 0.3) is 0 Å². The van der Waals surface area contributed by atoms with Crippen molar-refractivity contribution in [3.05, 3.63) is 0 Å². The molecule has 0 heterocycles. The van der Waals surface area contributed by atoms with Crippen LogP contribution in [0.5, 0.6) is 0 Å². The highest BCUT2D eigenvalue weighted by Gasteiger charge is 2.31. The van der Waals surface area contributed by atoms with Crippen molar-refractivity contribution in [2.75, 3.05) is 0 Å². The van der Waals surface area contributed by atoms with Crippen molar-refractivity contribution in [2.45, 2.75) is 84.0 Å². The molecule has 0 aliphatic rings. The molecule has 0 aromatic rings. The Morgan fingerprint density at radius 1 is 0.735 bits per heavy atom. The topological polar surface area (TPSA) is 231 Å². The van der Waals surface area contributed by atoms with Gasteiger partial charge in [0.1, 0.15) is 18.1 Å². The lowest BCUT2D eigenvalue weighted by Gasteiger charge is -2.25. The average Bonchev–Trinajstić information content (AvgIpc) is 2.68. The molecule has 9 N–H and O–H groups in total. The molecule has 0 aliphatic carbocycles. The Bertz CT molecular complexity index is 755. The molecule has 0 spiro atoms. The second kappa shape index (κ2) is 14.8. The van der Waals surface area contributed by atoms with Gasteiger partial charge in [-0.15, -0.1) is 0 Å². The van der Waals surface area contributed by atoms with Crippen molar-refractivity contribution in [3.63, 3.8) is 0 Å². The third-order valence-corrected chi connectivity index (χ3v) is 4.70. The summed E-state index contributed by atoms with van der Waals surface area (Å²) in [4.78, 5) is 71.5. The number of aliphatic carboxylic acids is 2. The van der Waals surface area contributed by atoms with Crippen LogP contribution in [-0.2, 0) is 28.8 Å². The molecule has 4 unspecified atom stereocenters. The standard InChI is InChI=1S/C21H37N5O8/c1-10(2)7-12(22)18(30)25-14(8-11(3)4)19(31)26-15(9-16(23)27)20(32)24-13(21(33)34)5-6-17(28)29/h10-15H,5-9,22H2,1-4H3,(H2,23,27)(H,24,32)(H,25,30)(H,26,31)(H,28,29)(H,33,34). The van der Waals surface area contributed by atoms with Crippen molar-refractivity contribution in [3.8, 4) is 0 Å². The molecule has 0 bridgehead atoms. The first-order chi connectivity index (χ1) is 15.6. The highest BCUT2D eigenvalue weighted by Crippen LogP contribution is 2.09. The molecule has 0 saturated heterocycles. The van der Waals surface area contributed by atoms with Crippen LogP contribution in [0.4, 0.5) is 0 Å². The molecule has 0 radical (unpaired) electrons. The Hall–Kier alpha value is -3.22. The largest absolute Gasteiger partial charge is 0.481 e. The number of carboxylic acid groups (broad SMARTS) is 2. The van der Waals surface area contributed by atoms with Gasteiger partial charge in [-0.2, -0.15) is 0 Å². The zero-order chi connectivity index (χ0) is 26.6. The summed E-state index contributed by atoms with van der Waals surface area (Å²) in [7, 11) is 0. The van der Waals surface area contributed by atoms with E-state index in [1.165, 1.54) is 0 Å². The Kier molecular flexibility index (Phi) is 13.4. The van der Waals surface area contributed by atoms with Crippen molar-refractivity contribution in [1.82, 2.24) is 16.0 Å². The van der Waals surface area contributed by atoms with Crippen molar-refractivity contribution in [2.24, 2.45) is 23.3 Å². The van der Waals surface area contributed by atoms with Gasteiger partial charge in [0.2, 0.25) is 23.6 Å². The lowest BCUT2D eigenvalue weighted by molar-refractivity contribution is -0.143. The summed E-state index contributed by atoms with van der Waals surface area (Å²) in [6, 6.07) is -5.02. The molecule has 0 saturated carbocycles. The quantitative estimate of drug-likeness (QED) is 0.137. The van der Waals surface area contributed by atoms with E-state index in [4.69, 9.17) is 16.6 Å². The Balaban J connectivity index is 5.52. The number of amides is 4. The first-order valence-corrected chi connectivity index (χ1v) is 11.0. The highest BCUT2D eigenvalue weighted by atomic mass is 16.4. The van der Waals surface area contributed by atoms with E-state index in [2.05, 4.69) is 16.0 Å². The van der Waals surface area contributed by atoms with Gasteiger partial charge < -0.3 is 37.6 Å². The van der Waals surface area contributed by atoms with Gasteiger partial charge in [0.15, 0.2) is 0 Å². The first-order valence-electron chi connectivity index (χ1n) is 11.0. The predicted molar refractivity (Wildman–Crippen MR) is 121 cm³/mol. The third kappa shape index (κ3) is 12.7. The summed E-state index contributed by atoms with van der Waals surface area (Å²) in [5, 5.41) is 25.0. The van der Waals surface area contributed by atoms with E-state index >= 15 is 0 Å². The van der Waals surface area contributed by atoms with Gasteiger partial charge in [-0.1, -0.05) is 27.7 Å². The van der Waals surface area contributed by atoms with Crippen molar-refractivity contribution >= 4 is 35.6 Å². The summed E-state index contributed by atoms with van der Waals surface area (Å²) in [5.41, 5.74) is 11.0. The summed E-state index contributed by atoms with van der Waals surface area (Å²) >= 11 is 0. The maximum atomic E-state index is 12.9. The van der Waals surface area contributed by atoms with Crippen LogP contribution in [-0.4, -0.2) is 69.9 Å².